The smallest absolute Gasteiger partial charge is 0.275 e. The van der Waals surface area contributed by atoms with E-state index in [0.29, 0.717) is 114 Å². The van der Waals surface area contributed by atoms with Gasteiger partial charge in [-0.05, 0) is 37.1 Å². The van der Waals surface area contributed by atoms with E-state index in [9.17, 15) is 4.79 Å². The number of carbonyl (C=O) groups excluding carboxylic acids is 1. The highest BCUT2D eigenvalue weighted by molar-refractivity contribution is 5.96. The lowest BCUT2D eigenvalue weighted by Crippen LogP contribution is -2.23. The first-order chi connectivity index (χ1) is 30.8. The molecule has 1 amide bonds. The van der Waals surface area contributed by atoms with Gasteiger partial charge in [0.1, 0.15) is 30.4 Å². The minimum atomic E-state index is -0.0922. The van der Waals surface area contributed by atoms with Gasteiger partial charge in [-0.25, -0.2) is 4.98 Å². The van der Waals surface area contributed by atoms with Crippen LogP contribution in [0.3, 0.4) is 0 Å². The molecule has 10 heterocycles. The zero-order chi connectivity index (χ0) is 43.2. The third-order valence-corrected chi connectivity index (χ3v) is 10.8. The molecule has 0 radical (unpaired) electrons. The van der Waals surface area contributed by atoms with Gasteiger partial charge >= 0.3 is 0 Å². The molecule has 22 nitrogen and oxygen atoms in total. The van der Waals surface area contributed by atoms with Crippen molar-refractivity contribution in [2.24, 2.45) is 0 Å². The van der Waals surface area contributed by atoms with Crippen molar-refractivity contribution in [2.45, 2.75) is 53.1 Å². The second kappa shape index (κ2) is 16.4. The summed E-state index contributed by atoms with van der Waals surface area (Å²) in [7, 11) is 4.74. The van der Waals surface area contributed by atoms with E-state index in [-0.39, 0.29) is 30.9 Å². The first-order valence-corrected chi connectivity index (χ1v) is 20.0. The van der Waals surface area contributed by atoms with Crippen LogP contribution >= 0.6 is 0 Å². The van der Waals surface area contributed by atoms with E-state index in [1.54, 1.807) is 37.1 Å². The van der Waals surface area contributed by atoms with E-state index < -0.39 is 0 Å². The molecule has 10 rings (SSSR count). The van der Waals surface area contributed by atoms with Crippen molar-refractivity contribution in [2.75, 3.05) is 41.0 Å². The lowest BCUT2D eigenvalue weighted by molar-refractivity contribution is 0.0782. The fourth-order valence-corrected chi connectivity index (χ4v) is 7.63. The molecule has 322 valence electrons. The Bertz CT molecular complexity index is 3010. The number of aryl methyl sites for hydroxylation is 1. The molecular weight excluding hydrogens is 817 g/mol. The summed E-state index contributed by atoms with van der Waals surface area (Å²) in [6.45, 7) is 7.67. The second-order valence-corrected chi connectivity index (χ2v) is 14.9. The molecule has 2 aliphatic heterocycles. The number of hydrogen-bond donors (Lipinski definition) is 0. The summed E-state index contributed by atoms with van der Waals surface area (Å²) < 4.78 is 43.2. The number of carbonyl (C=O) groups is 1. The number of pyridine rings is 2. The van der Waals surface area contributed by atoms with E-state index in [0.717, 1.165) is 28.9 Å². The average Bonchev–Trinajstić information content (AvgIpc) is 4.17. The van der Waals surface area contributed by atoms with E-state index in [2.05, 4.69) is 50.8 Å². The van der Waals surface area contributed by atoms with Gasteiger partial charge in [0.15, 0.2) is 34.2 Å². The van der Waals surface area contributed by atoms with Gasteiger partial charge in [0.2, 0.25) is 11.6 Å². The summed E-state index contributed by atoms with van der Waals surface area (Å²) in [5, 5.41) is 35.0. The summed E-state index contributed by atoms with van der Waals surface area (Å²) in [4.78, 5) is 26.4. The molecule has 0 fully saturated rings. The second-order valence-electron chi connectivity index (χ2n) is 14.9. The van der Waals surface area contributed by atoms with Crippen molar-refractivity contribution < 1.29 is 37.5 Å². The quantitative estimate of drug-likeness (QED) is 0.135. The van der Waals surface area contributed by atoms with E-state index in [1.807, 2.05) is 31.2 Å². The average molecular weight is 857 g/mol. The summed E-state index contributed by atoms with van der Waals surface area (Å²) in [5.41, 5.74) is 7.36. The fourth-order valence-electron chi connectivity index (χ4n) is 7.63. The third kappa shape index (κ3) is 7.47. The van der Waals surface area contributed by atoms with Gasteiger partial charge in [0.25, 0.3) is 17.7 Å². The van der Waals surface area contributed by atoms with E-state index in [1.165, 1.54) is 23.3 Å². The number of aromatic nitrogens is 12. The predicted molar refractivity (Wildman–Crippen MR) is 217 cm³/mol. The van der Waals surface area contributed by atoms with Gasteiger partial charge in [0, 0.05) is 76.1 Å². The molecule has 22 heteroatoms. The van der Waals surface area contributed by atoms with Crippen molar-refractivity contribution in [1.82, 2.24) is 69.7 Å². The van der Waals surface area contributed by atoms with Gasteiger partial charge < -0.3 is 37.6 Å². The Morgan fingerprint density at radius 1 is 0.746 bits per heavy atom. The van der Waals surface area contributed by atoms with Crippen LogP contribution in [0.5, 0.6) is 23.3 Å². The Morgan fingerprint density at radius 2 is 1.43 bits per heavy atom. The van der Waals surface area contributed by atoms with Crippen molar-refractivity contribution >= 4 is 17.2 Å². The molecule has 0 saturated heterocycles. The van der Waals surface area contributed by atoms with Crippen LogP contribution in [0.15, 0.2) is 51.5 Å². The number of methoxy groups -OCH3 is 3. The van der Waals surface area contributed by atoms with Crippen LogP contribution in [0.25, 0.3) is 34.3 Å². The normalized spacial score (nSPS) is 13.7. The lowest BCUT2D eigenvalue weighted by Gasteiger charge is -2.13. The topological polar surface area (TPSA) is 234 Å². The minimum absolute atomic E-state index is 0.0468. The summed E-state index contributed by atoms with van der Waals surface area (Å²) in [6, 6.07) is 12.7. The molecule has 0 atom stereocenters. The Kier molecular flexibility index (Phi) is 10.3. The zero-order valence-corrected chi connectivity index (χ0v) is 34.9. The zero-order valence-electron chi connectivity index (χ0n) is 34.9. The Hall–Kier alpha value is -7.59. The van der Waals surface area contributed by atoms with Gasteiger partial charge in [-0.1, -0.05) is 16.4 Å². The van der Waals surface area contributed by atoms with Gasteiger partial charge in [-0.15, -0.1) is 30.6 Å². The maximum Gasteiger partial charge on any atom is 0.275 e. The third-order valence-electron chi connectivity index (χ3n) is 10.8. The first kappa shape index (κ1) is 39.5. The molecule has 8 aromatic rings. The highest BCUT2D eigenvalue weighted by Crippen LogP contribution is 2.33. The van der Waals surface area contributed by atoms with Crippen molar-refractivity contribution in [3.8, 4) is 46.3 Å². The Morgan fingerprint density at radius 3 is 2.08 bits per heavy atom. The summed E-state index contributed by atoms with van der Waals surface area (Å²) >= 11 is 0. The van der Waals surface area contributed by atoms with Crippen LogP contribution < -0.4 is 18.9 Å². The predicted octanol–water partition coefficient (Wildman–Crippen LogP) is 3.67. The molecule has 63 heavy (non-hydrogen) atoms. The van der Waals surface area contributed by atoms with E-state index in [4.69, 9.17) is 37.7 Å². The molecule has 0 unspecified atom stereocenters. The standard InChI is InChI=1S/C41H40N14O8/c1-6-53-17-23-7-8-25(43-36(23)41(53)56)20-60-39-32(58-4)15-35-45-47-38(55(35)48-39)30-14-27(63-51-30)13-24-12-26(42-31-19-52(9-10-57-3)18-28(24)31)21-61-40-33(59-5)16-34-44-46-37(54(34)49-40)29-11-22(2)62-50-29/h7-8,11-12,14-16H,6,9-10,13,17-21H2,1-5H3. The van der Waals surface area contributed by atoms with Crippen LogP contribution in [-0.4, -0.2) is 117 Å². The van der Waals surface area contributed by atoms with Crippen LogP contribution in [0.4, 0.5) is 0 Å². The van der Waals surface area contributed by atoms with Crippen molar-refractivity contribution in [3.05, 3.63) is 93.5 Å². The molecule has 0 saturated carbocycles. The number of ether oxygens (including phenoxy) is 5. The minimum Gasteiger partial charge on any atom is -0.491 e. The Labute approximate surface area is 357 Å². The number of rotatable bonds is 16. The highest BCUT2D eigenvalue weighted by atomic mass is 16.5. The number of amides is 1. The number of fused-ring (bicyclic) bond motifs is 4. The molecule has 2 aliphatic rings. The summed E-state index contributed by atoms with van der Waals surface area (Å²) in [6.07, 6.45) is 0.399. The molecule has 0 spiro atoms. The monoisotopic (exact) mass is 856 g/mol. The van der Waals surface area contributed by atoms with Crippen LogP contribution in [0.2, 0.25) is 0 Å². The molecule has 0 bridgehead atoms. The maximum absolute atomic E-state index is 12.8. The molecular formula is C41H40N14O8. The fraction of sp³-hybridized carbons (Fsp3) is 0.341. The first-order valence-electron chi connectivity index (χ1n) is 20.0. The molecule has 0 N–H and O–H groups in total. The van der Waals surface area contributed by atoms with Crippen LogP contribution in [0.1, 0.15) is 62.7 Å². The van der Waals surface area contributed by atoms with Gasteiger partial charge in [-0.2, -0.15) is 9.03 Å². The Balaban J connectivity index is 0.904. The van der Waals surface area contributed by atoms with Crippen molar-refractivity contribution in [1.29, 1.82) is 0 Å². The highest BCUT2D eigenvalue weighted by Gasteiger charge is 2.29. The van der Waals surface area contributed by atoms with Crippen molar-refractivity contribution in [3.63, 3.8) is 0 Å². The van der Waals surface area contributed by atoms with Crippen LogP contribution in [0, 0.1) is 6.92 Å². The molecule has 0 aliphatic carbocycles. The SMILES string of the molecule is CCN1Cc2ccc(COc3nn4c(-c5cc(Cc6cc(COc7nn8c(-c9cc(C)on9)nnc8cc7OC)nc7c6CN(CCOC)C7)on5)nnc4cc3OC)nc2C1=O. The van der Waals surface area contributed by atoms with Crippen LogP contribution in [-0.2, 0) is 44.0 Å². The van der Waals surface area contributed by atoms with Gasteiger partial charge in [-0.3, -0.25) is 14.7 Å². The molecule has 0 aromatic carbocycles. The number of nitrogens with zero attached hydrogens (tertiary/aromatic N) is 14. The largest absolute Gasteiger partial charge is 0.491 e. The number of hydrogen-bond acceptors (Lipinski definition) is 19. The maximum atomic E-state index is 12.8. The summed E-state index contributed by atoms with van der Waals surface area (Å²) in [5.74, 6) is 2.97. The molecule has 8 aromatic heterocycles. The van der Waals surface area contributed by atoms with Gasteiger partial charge in [0.05, 0.1) is 37.9 Å². The lowest BCUT2D eigenvalue weighted by atomic mass is 10.0. The van der Waals surface area contributed by atoms with E-state index >= 15 is 0 Å².